The van der Waals surface area contributed by atoms with Crippen LogP contribution in [0.5, 0.6) is 0 Å². The van der Waals surface area contributed by atoms with Crippen LogP contribution in [-0.2, 0) is 24.7 Å². The molecule has 0 unspecified atom stereocenters. The first kappa shape index (κ1) is 30.3. The summed E-state index contributed by atoms with van der Waals surface area (Å²) in [5.74, 6) is -1.49. The predicted molar refractivity (Wildman–Crippen MR) is 176 cm³/mol. The maximum atomic E-state index is 14.2. The van der Waals surface area contributed by atoms with Crippen molar-refractivity contribution < 1.29 is 23.9 Å². The first-order chi connectivity index (χ1) is 22.5. The standard InChI is InChI=1S/C39H34N2O5/c40-36(42)25-24-35(41-38(44)45-26-34-32-22-12-10-20-30(32)31-21-11-13-23-33(31)34)37(43)46-39(27-14-4-1-5-15-27,28-16-6-2-7-17-28)29-18-8-3-9-19-29/h1-23,34-35H,24-26H2,(H2,40,42)(H,41,44)/t35-/m0/s1. The molecule has 7 nitrogen and oxygen atoms in total. The number of esters is 1. The van der Waals surface area contributed by atoms with Gasteiger partial charge in [0.2, 0.25) is 5.91 Å². The number of hydrogen-bond donors (Lipinski definition) is 2. The zero-order chi connectivity index (χ0) is 31.9. The van der Waals surface area contributed by atoms with Crippen LogP contribution in [0, 0.1) is 0 Å². The topological polar surface area (TPSA) is 108 Å². The molecule has 1 aliphatic carbocycles. The Morgan fingerprint density at radius 2 is 1.09 bits per heavy atom. The Kier molecular flexibility index (Phi) is 8.92. The fourth-order valence-corrected chi connectivity index (χ4v) is 6.24. The van der Waals surface area contributed by atoms with Gasteiger partial charge in [-0.1, -0.05) is 140 Å². The summed E-state index contributed by atoms with van der Waals surface area (Å²) < 4.78 is 12.2. The summed E-state index contributed by atoms with van der Waals surface area (Å²) in [6.07, 6.45) is -0.997. The normalized spacial score (nSPS) is 12.8. The molecule has 5 aromatic carbocycles. The molecule has 0 spiro atoms. The van der Waals surface area contributed by atoms with Gasteiger partial charge in [0.25, 0.3) is 0 Å². The Balaban J connectivity index is 1.28. The number of rotatable bonds is 11. The summed E-state index contributed by atoms with van der Waals surface area (Å²) in [6.45, 7) is 0.0689. The smallest absolute Gasteiger partial charge is 0.407 e. The number of alkyl carbamates (subject to hydrolysis) is 1. The molecule has 0 radical (unpaired) electrons. The number of hydrogen-bond acceptors (Lipinski definition) is 5. The highest BCUT2D eigenvalue weighted by Gasteiger charge is 2.42. The van der Waals surface area contributed by atoms with Crippen molar-refractivity contribution in [2.24, 2.45) is 5.73 Å². The van der Waals surface area contributed by atoms with Crippen LogP contribution in [0.15, 0.2) is 140 Å². The molecule has 3 N–H and O–H groups in total. The fraction of sp³-hybridized carbons (Fsp3) is 0.154. The molecule has 0 saturated heterocycles. The summed E-state index contributed by atoms with van der Waals surface area (Å²) in [5, 5.41) is 2.68. The van der Waals surface area contributed by atoms with E-state index >= 15 is 0 Å². The molecule has 0 aromatic heterocycles. The summed E-state index contributed by atoms with van der Waals surface area (Å²) in [7, 11) is 0. The highest BCUT2D eigenvalue weighted by atomic mass is 16.6. The van der Waals surface area contributed by atoms with E-state index in [1.807, 2.05) is 127 Å². The summed E-state index contributed by atoms with van der Waals surface area (Å²) >= 11 is 0. The van der Waals surface area contributed by atoms with Gasteiger partial charge in [0.15, 0.2) is 5.60 Å². The Hall–Kier alpha value is -5.69. The Morgan fingerprint density at radius 3 is 1.54 bits per heavy atom. The first-order valence-electron chi connectivity index (χ1n) is 15.3. The molecule has 46 heavy (non-hydrogen) atoms. The maximum absolute atomic E-state index is 14.2. The van der Waals surface area contributed by atoms with E-state index in [-0.39, 0.29) is 25.4 Å². The second-order valence-corrected chi connectivity index (χ2v) is 11.2. The van der Waals surface area contributed by atoms with Crippen molar-refractivity contribution in [2.45, 2.75) is 30.4 Å². The molecule has 0 aliphatic heterocycles. The molecule has 0 heterocycles. The Labute approximate surface area is 268 Å². The van der Waals surface area contributed by atoms with Gasteiger partial charge in [-0.3, -0.25) is 4.79 Å². The molecule has 6 rings (SSSR count). The molecule has 0 saturated carbocycles. The van der Waals surface area contributed by atoms with E-state index in [4.69, 9.17) is 15.2 Å². The number of ether oxygens (including phenoxy) is 2. The minimum Gasteiger partial charge on any atom is -0.449 e. The van der Waals surface area contributed by atoms with E-state index in [9.17, 15) is 14.4 Å². The van der Waals surface area contributed by atoms with Crippen LogP contribution in [-0.4, -0.2) is 30.6 Å². The van der Waals surface area contributed by atoms with Crippen LogP contribution < -0.4 is 11.1 Å². The van der Waals surface area contributed by atoms with Gasteiger partial charge in [0.05, 0.1) is 0 Å². The van der Waals surface area contributed by atoms with Crippen LogP contribution in [0.25, 0.3) is 11.1 Å². The van der Waals surface area contributed by atoms with Gasteiger partial charge >= 0.3 is 12.1 Å². The van der Waals surface area contributed by atoms with Crippen molar-refractivity contribution in [2.75, 3.05) is 6.61 Å². The monoisotopic (exact) mass is 610 g/mol. The molecule has 5 aromatic rings. The average molecular weight is 611 g/mol. The summed E-state index contributed by atoms with van der Waals surface area (Å²) in [6, 6.07) is 43.2. The van der Waals surface area contributed by atoms with Crippen LogP contribution in [0.4, 0.5) is 4.79 Å². The van der Waals surface area contributed by atoms with Crippen LogP contribution in [0.1, 0.15) is 46.6 Å². The highest BCUT2D eigenvalue weighted by Crippen LogP contribution is 2.45. The molecule has 0 bridgehead atoms. The van der Waals surface area contributed by atoms with Crippen LogP contribution in [0.2, 0.25) is 0 Å². The van der Waals surface area contributed by atoms with E-state index in [2.05, 4.69) is 17.4 Å². The van der Waals surface area contributed by atoms with Gasteiger partial charge in [-0.15, -0.1) is 0 Å². The van der Waals surface area contributed by atoms with E-state index < -0.39 is 29.6 Å². The summed E-state index contributed by atoms with van der Waals surface area (Å²) in [4.78, 5) is 39.3. The van der Waals surface area contributed by atoms with Gasteiger partial charge < -0.3 is 20.5 Å². The highest BCUT2D eigenvalue weighted by molar-refractivity contribution is 5.84. The van der Waals surface area contributed by atoms with E-state index in [1.54, 1.807) is 0 Å². The minimum atomic E-state index is -1.35. The molecule has 7 heteroatoms. The van der Waals surface area contributed by atoms with Crippen LogP contribution in [0.3, 0.4) is 0 Å². The second-order valence-electron chi connectivity index (χ2n) is 11.2. The van der Waals surface area contributed by atoms with Gasteiger partial charge in [-0.2, -0.15) is 0 Å². The molecular formula is C39H34N2O5. The third kappa shape index (κ3) is 6.13. The minimum absolute atomic E-state index is 0.0627. The lowest BCUT2D eigenvalue weighted by Crippen LogP contribution is -2.46. The SMILES string of the molecule is NC(=O)CC[C@H](NC(=O)OCC1c2ccccc2-c2ccccc21)C(=O)OC(c1ccccc1)(c1ccccc1)c1ccccc1. The Morgan fingerprint density at radius 1 is 0.652 bits per heavy atom. The molecule has 2 amide bonds. The Bertz CT molecular complexity index is 1680. The first-order valence-corrected chi connectivity index (χ1v) is 15.3. The van der Waals surface area contributed by atoms with Crippen molar-refractivity contribution in [1.82, 2.24) is 5.32 Å². The van der Waals surface area contributed by atoms with Crippen molar-refractivity contribution in [3.8, 4) is 11.1 Å². The zero-order valence-corrected chi connectivity index (χ0v) is 25.2. The third-order valence-corrected chi connectivity index (χ3v) is 8.39. The number of amides is 2. The molecule has 1 atom stereocenters. The van der Waals surface area contributed by atoms with E-state index in [1.165, 1.54) is 0 Å². The molecule has 230 valence electrons. The number of nitrogens with two attached hydrogens (primary N) is 1. The third-order valence-electron chi connectivity index (χ3n) is 8.39. The predicted octanol–water partition coefficient (Wildman–Crippen LogP) is 6.69. The van der Waals surface area contributed by atoms with Gasteiger partial charge in [0, 0.05) is 29.0 Å². The van der Waals surface area contributed by atoms with Crippen molar-refractivity contribution in [3.05, 3.63) is 167 Å². The van der Waals surface area contributed by atoms with Gasteiger partial charge in [-0.25, -0.2) is 9.59 Å². The maximum Gasteiger partial charge on any atom is 0.407 e. The van der Waals surface area contributed by atoms with E-state index in [0.717, 1.165) is 38.9 Å². The average Bonchev–Trinajstić information content (AvgIpc) is 3.42. The lowest BCUT2D eigenvalue weighted by molar-refractivity contribution is -0.156. The number of carbonyl (C=O) groups is 3. The largest absolute Gasteiger partial charge is 0.449 e. The zero-order valence-electron chi connectivity index (χ0n) is 25.2. The number of carbonyl (C=O) groups excluding carboxylic acids is 3. The second kappa shape index (κ2) is 13.5. The lowest BCUT2D eigenvalue weighted by atomic mass is 9.80. The number of primary amides is 1. The van der Waals surface area contributed by atoms with Crippen LogP contribution >= 0.6 is 0 Å². The number of nitrogens with one attached hydrogen (secondary N) is 1. The molecule has 0 fully saturated rings. The van der Waals surface area contributed by atoms with Crippen molar-refractivity contribution in [1.29, 1.82) is 0 Å². The quantitative estimate of drug-likeness (QED) is 0.128. The number of fused-ring (bicyclic) bond motifs is 3. The van der Waals surface area contributed by atoms with Gasteiger partial charge in [0.1, 0.15) is 12.6 Å². The number of benzene rings is 5. The van der Waals surface area contributed by atoms with Gasteiger partial charge in [-0.05, 0) is 28.7 Å². The fourth-order valence-electron chi connectivity index (χ4n) is 6.24. The van der Waals surface area contributed by atoms with Crippen molar-refractivity contribution in [3.63, 3.8) is 0 Å². The summed E-state index contributed by atoms with van der Waals surface area (Å²) in [5.41, 5.74) is 10.6. The lowest BCUT2D eigenvalue weighted by Gasteiger charge is -2.36. The van der Waals surface area contributed by atoms with Crippen molar-refractivity contribution >= 4 is 18.0 Å². The molecular weight excluding hydrogens is 576 g/mol. The molecule has 1 aliphatic rings. The van der Waals surface area contributed by atoms with E-state index in [0.29, 0.717) is 0 Å².